The number of nitrogens with zero attached hydrogens (tertiary/aromatic N) is 4. The molecule has 0 N–H and O–H groups in total. The topological polar surface area (TPSA) is 51.0 Å². The number of ketones is 1. The molecule has 0 aliphatic carbocycles. The second-order valence-electron chi connectivity index (χ2n) is 4.03. The zero-order valence-electron chi connectivity index (χ0n) is 10.1. The molecule has 0 fully saturated rings. The van der Waals surface area contributed by atoms with Crippen LogP contribution in [0.25, 0.3) is 5.69 Å². The third-order valence-corrected chi connectivity index (χ3v) is 2.48. The fourth-order valence-electron chi connectivity index (χ4n) is 1.43. The summed E-state index contributed by atoms with van der Waals surface area (Å²) in [5.41, 5.74) is 2.42. The van der Waals surface area contributed by atoms with Crippen molar-refractivity contribution in [2.75, 3.05) is 19.0 Å². The summed E-state index contributed by atoms with van der Waals surface area (Å²) in [7, 11) is 3.90. The van der Waals surface area contributed by atoms with Gasteiger partial charge in [0, 0.05) is 20.3 Å². The summed E-state index contributed by atoms with van der Waals surface area (Å²) in [6, 6.07) is 1.96. The highest BCUT2D eigenvalue weighted by Crippen LogP contribution is 2.15. The molecule has 0 amide bonds. The molecule has 0 aliphatic rings. The molecule has 88 valence electrons. The molecule has 0 radical (unpaired) electrons. The molecule has 0 spiro atoms. The lowest BCUT2D eigenvalue weighted by atomic mass is 10.3. The van der Waals surface area contributed by atoms with Gasteiger partial charge in [-0.05, 0) is 13.0 Å². The van der Waals surface area contributed by atoms with Crippen molar-refractivity contribution < 1.29 is 4.79 Å². The van der Waals surface area contributed by atoms with Gasteiger partial charge in [-0.15, -0.1) is 0 Å². The van der Waals surface area contributed by atoms with Gasteiger partial charge in [0.2, 0.25) is 0 Å². The largest absolute Gasteiger partial charge is 0.376 e. The van der Waals surface area contributed by atoms with Gasteiger partial charge in [0.05, 0.1) is 35.5 Å². The number of aromatic nitrogens is 3. The van der Waals surface area contributed by atoms with E-state index in [1.807, 2.05) is 25.1 Å². The first-order chi connectivity index (χ1) is 8.08. The van der Waals surface area contributed by atoms with Gasteiger partial charge in [-0.2, -0.15) is 5.10 Å². The van der Waals surface area contributed by atoms with Crippen molar-refractivity contribution in [1.82, 2.24) is 14.8 Å². The zero-order chi connectivity index (χ0) is 12.4. The number of hydrogen-bond acceptors (Lipinski definition) is 4. The van der Waals surface area contributed by atoms with Crippen molar-refractivity contribution in [2.24, 2.45) is 0 Å². The van der Waals surface area contributed by atoms with Crippen LogP contribution in [0.5, 0.6) is 0 Å². The minimum Gasteiger partial charge on any atom is -0.376 e. The van der Waals surface area contributed by atoms with Gasteiger partial charge in [0.25, 0.3) is 0 Å². The number of pyridine rings is 1. The maximum atomic E-state index is 11.2. The third kappa shape index (κ3) is 2.33. The van der Waals surface area contributed by atoms with Crippen LogP contribution in [0.4, 0.5) is 5.69 Å². The summed E-state index contributed by atoms with van der Waals surface area (Å²) in [4.78, 5) is 17.3. The maximum absolute atomic E-state index is 11.2. The van der Waals surface area contributed by atoms with E-state index in [0.29, 0.717) is 5.56 Å². The monoisotopic (exact) mass is 230 g/mol. The number of Topliss-reactive ketones (excluding diaryl/α,β-unsaturated/α-hetero) is 1. The molecule has 17 heavy (non-hydrogen) atoms. The molecule has 2 aromatic heterocycles. The fourth-order valence-corrected chi connectivity index (χ4v) is 1.43. The van der Waals surface area contributed by atoms with Crippen LogP contribution in [0, 0.1) is 0 Å². The number of anilines is 1. The van der Waals surface area contributed by atoms with Crippen molar-refractivity contribution >= 4 is 11.5 Å². The molecule has 0 bridgehead atoms. The van der Waals surface area contributed by atoms with Gasteiger partial charge in [-0.1, -0.05) is 0 Å². The van der Waals surface area contributed by atoms with Gasteiger partial charge in [-0.3, -0.25) is 9.78 Å². The Bertz CT molecular complexity index is 545. The summed E-state index contributed by atoms with van der Waals surface area (Å²) in [6.45, 7) is 1.52. The van der Waals surface area contributed by atoms with Crippen LogP contribution < -0.4 is 4.90 Å². The van der Waals surface area contributed by atoms with Crippen LogP contribution in [0.3, 0.4) is 0 Å². The summed E-state index contributed by atoms with van der Waals surface area (Å²) in [5, 5.41) is 4.15. The molecule has 5 nitrogen and oxygen atoms in total. The van der Waals surface area contributed by atoms with Crippen LogP contribution in [-0.4, -0.2) is 34.6 Å². The molecule has 0 aliphatic heterocycles. The van der Waals surface area contributed by atoms with Gasteiger partial charge in [0.15, 0.2) is 5.78 Å². The first-order valence-corrected chi connectivity index (χ1v) is 5.26. The first-order valence-electron chi connectivity index (χ1n) is 5.26. The maximum Gasteiger partial charge on any atom is 0.162 e. The van der Waals surface area contributed by atoms with E-state index in [9.17, 15) is 4.79 Å². The normalized spacial score (nSPS) is 10.3. The highest BCUT2D eigenvalue weighted by Gasteiger charge is 2.06. The van der Waals surface area contributed by atoms with Crippen molar-refractivity contribution in [2.45, 2.75) is 6.92 Å². The van der Waals surface area contributed by atoms with Gasteiger partial charge in [0.1, 0.15) is 0 Å². The van der Waals surface area contributed by atoms with Crippen LogP contribution in [0.1, 0.15) is 17.3 Å². The van der Waals surface area contributed by atoms with E-state index in [2.05, 4.69) is 10.1 Å². The van der Waals surface area contributed by atoms with Crippen LogP contribution in [0.15, 0.2) is 30.9 Å². The lowest BCUT2D eigenvalue weighted by molar-refractivity contribution is 0.101. The molecule has 2 aromatic rings. The second-order valence-corrected chi connectivity index (χ2v) is 4.03. The van der Waals surface area contributed by atoms with Crippen molar-refractivity contribution in [3.63, 3.8) is 0 Å². The third-order valence-electron chi connectivity index (χ3n) is 2.48. The smallest absolute Gasteiger partial charge is 0.162 e. The average molecular weight is 230 g/mol. The summed E-state index contributed by atoms with van der Waals surface area (Å²) >= 11 is 0. The Kier molecular flexibility index (Phi) is 2.91. The number of carbonyl (C=O) groups is 1. The summed E-state index contributed by atoms with van der Waals surface area (Å²) in [6.07, 6.45) is 6.76. The Hall–Kier alpha value is -2.17. The molecule has 0 aromatic carbocycles. The summed E-state index contributed by atoms with van der Waals surface area (Å²) in [5.74, 6) is 0.00738. The Balaban J connectivity index is 2.38. The predicted octanol–water partition coefficient (Wildman–Crippen LogP) is 1.54. The van der Waals surface area contributed by atoms with Gasteiger partial charge < -0.3 is 4.90 Å². The van der Waals surface area contributed by atoms with Crippen molar-refractivity contribution in [3.05, 3.63) is 36.4 Å². The highest BCUT2D eigenvalue weighted by molar-refractivity contribution is 5.93. The van der Waals surface area contributed by atoms with E-state index in [1.165, 1.54) is 6.92 Å². The molecule has 0 atom stereocenters. The highest BCUT2D eigenvalue weighted by atomic mass is 16.1. The second kappa shape index (κ2) is 4.37. The fraction of sp³-hybridized carbons (Fsp3) is 0.250. The molecule has 0 saturated carbocycles. The molecule has 2 heterocycles. The zero-order valence-corrected chi connectivity index (χ0v) is 10.1. The lowest BCUT2D eigenvalue weighted by Crippen LogP contribution is -2.09. The van der Waals surface area contributed by atoms with Crippen LogP contribution >= 0.6 is 0 Å². The number of rotatable bonds is 3. The lowest BCUT2D eigenvalue weighted by Gasteiger charge is -2.12. The van der Waals surface area contributed by atoms with Crippen molar-refractivity contribution in [3.8, 4) is 5.69 Å². The summed E-state index contributed by atoms with van der Waals surface area (Å²) < 4.78 is 1.65. The van der Waals surface area contributed by atoms with Crippen molar-refractivity contribution in [1.29, 1.82) is 0 Å². The minimum atomic E-state index is 0.00738. The Morgan fingerprint density at radius 1 is 1.29 bits per heavy atom. The Morgan fingerprint density at radius 2 is 2.06 bits per heavy atom. The molecular formula is C12H14N4O. The average Bonchev–Trinajstić information content (AvgIpc) is 2.78. The quantitative estimate of drug-likeness (QED) is 0.750. The Morgan fingerprint density at radius 3 is 2.65 bits per heavy atom. The number of hydrogen-bond donors (Lipinski definition) is 0. The number of carbonyl (C=O) groups excluding carboxylic acids is 1. The molecule has 0 saturated heterocycles. The molecule has 2 rings (SSSR count). The minimum absolute atomic E-state index is 0.00738. The molecule has 5 heteroatoms. The van der Waals surface area contributed by atoms with E-state index in [1.54, 1.807) is 29.5 Å². The van der Waals surface area contributed by atoms with E-state index in [-0.39, 0.29) is 5.78 Å². The van der Waals surface area contributed by atoms with Crippen LogP contribution in [0.2, 0.25) is 0 Å². The standard InChI is InChI=1S/C12H14N4O/c1-9(17)10-5-14-16(8-10)12-4-11(15(2)3)6-13-7-12/h4-8H,1-3H3. The SMILES string of the molecule is CC(=O)c1cnn(-c2cncc(N(C)C)c2)c1. The first kappa shape index (κ1) is 11.3. The van der Waals surface area contributed by atoms with E-state index < -0.39 is 0 Å². The predicted molar refractivity (Wildman–Crippen MR) is 65.7 cm³/mol. The van der Waals surface area contributed by atoms with Gasteiger partial charge >= 0.3 is 0 Å². The van der Waals surface area contributed by atoms with E-state index in [0.717, 1.165) is 11.4 Å². The molecule has 0 unspecified atom stereocenters. The van der Waals surface area contributed by atoms with E-state index >= 15 is 0 Å². The van der Waals surface area contributed by atoms with Gasteiger partial charge in [-0.25, -0.2) is 4.68 Å². The van der Waals surface area contributed by atoms with E-state index in [4.69, 9.17) is 0 Å². The Labute approximate surface area is 99.7 Å². The molecular weight excluding hydrogens is 216 g/mol. The van der Waals surface area contributed by atoms with Crippen LogP contribution in [-0.2, 0) is 0 Å².